The van der Waals surface area contributed by atoms with Gasteiger partial charge in [0.2, 0.25) is 0 Å². The van der Waals surface area contributed by atoms with Crippen molar-refractivity contribution in [3.05, 3.63) is 29.7 Å². The number of aromatic carboxylic acids is 1. The molecule has 0 atom stereocenters. The number of fused-ring (bicyclic) bond motifs is 1. The minimum absolute atomic E-state index is 0.0266. The third-order valence-corrected chi connectivity index (χ3v) is 1.61. The lowest BCUT2D eigenvalue weighted by atomic mass is 10.3. The van der Waals surface area contributed by atoms with E-state index in [2.05, 4.69) is 9.40 Å². The number of carboxylic acid groups (broad SMARTS) is 1. The first kappa shape index (κ1) is 8.61. The van der Waals surface area contributed by atoms with Gasteiger partial charge in [0.05, 0.1) is 0 Å². The molecule has 2 rings (SSSR count). The molecule has 0 amide bonds. The summed E-state index contributed by atoms with van der Waals surface area (Å²) < 4.78 is 30.0. The highest BCUT2D eigenvalue weighted by molar-refractivity contribution is 5.86. The largest absolute Gasteiger partial charge is 0.474 e. The maximum atomic E-state index is 12.7. The van der Waals surface area contributed by atoms with Crippen LogP contribution in [0.3, 0.4) is 0 Å². The summed E-state index contributed by atoms with van der Waals surface area (Å²) in [5, 5.41) is 8.48. The summed E-state index contributed by atoms with van der Waals surface area (Å²) in [5.74, 6) is -4.18. The Hall–Kier alpha value is -1.98. The Balaban J connectivity index is 2.72. The second-order valence-corrected chi connectivity index (χ2v) is 2.56. The molecule has 6 heteroatoms. The van der Waals surface area contributed by atoms with Crippen LogP contribution in [0, 0.1) is 11.6 Å². The fourth-order valence-corrected chi connectivity index (χ4v) is 1.02. The molecule has 14 heavy (non-hydrogen) atoms. The Labute approximate surface area is 75.8 Å². The summed E-state index contributed by atoms with van der Waals surface area (Å²) in [6, 6.07) is 1.53. The van der Waals surface area contributed by atoms with E-state index in [0.29, 0.717) is 0 Å². The highest BCUT2D eigenvalue weighted by atomic mass is 19.2. The minimum atomic E-state index is -1.39. The van der Waals surface area contributed by atoms with Crippen molar-refractivity contribution in [2.45, 2.75) is 0 Å². The molecule has 0 saturated carbocycles. The lowest BCUT2D eigenvalue weighted by Crippen LogP contribution is -1.94. The van der Waals surface area contributed by atoms with Crippen molar-refractivity contribution in [3.8, 4) is 0 Å². The first-order chi connectivity index (χ1) is 6.58. The number of carbonyl (C=O) groups is 1. The van der Waals surface area contributed by atoms with Crippen LogP contribution in [0.4, 0.5) is 8.78 Å². The van der Waals surface area contributed by atoms with Crippen molar-refractivity contribution < 1.29 is 23.1 Å². The molecule has 0 aliphatic rings. The third-order valence-electron chi connectivity index (χ3n) is 1.61. The van der Waals surface area contributed by atoms with E-state index in [4.69, 9.17) is 5.11 Å². The van der Waals surface area contributed by atoms with Gasteiger partial charge in [-0.3, -0.25) is 0 Å². The summed E-state index contributed by atoms with van der Waals surface area (Å²) in [5.41, 5.74) is -0.123. The van der Waals surface area contributed by atoms with E-state index >= 15 is 0 Å². The first-order valence-corrected chi connectivity index (χ1v) is 3.57. The molecule has 0 aliphatic heterocycles. The summed E-state index contributed by atoms with van der Waals surface area (Å²) >= 11 is 0. The van der Waals surface area contributed by atoms with Crippen LogP contribution < -0.4 is 0 Å². The van der Waals surface area contributed by atoms with Crippen LogP contribution in [0.1, 0.15) is 10.7 Å². The molecule has 0 unspecified atom stereocenters. The molecule has 1 aromatic carbocycles. The van der Waals surface area contributed by atoms with Crippen molar-refractivity contribution in [2.75, 3.05) is 0 Å². The molecule has 0 bridgehead atoms. The van der Waals surface area contributed by atoms with Gasteiger partial charge in [-0.1, -0.05) is 0 Å². The van der Waals surface area contributed by atoms with E-state index in [-0.39, 0.29) is 11.1 Å². The lowest BCUT2D eigenvalue weighted by Gasteiger charge is -1.89. The fourth-order valence-electron chi connectivity index (χ4n) is 1.02. The average Bonchev–Trinajstić information content (AvgIpc) is 2.48. The van der Waals surface area contributed by atoms with E-state index in [1.165, 1.54) is 0 Å². The zero-order valence-electron chi connectivity index (χ0n) is 6.62. The van der Waals surface area contributed by atoms with Gasteiger partial charge in [0.25, 0.3) is 0 Å². The Morgan fingerprint density at radius 1 is 1.36 bits per heavy atom. The van der Waals surface area contributed by atoms with Gasteiger partial charge in [-0.25, -0.2) is 18.6 Å². The smallest absolute Gasteiger partial charge is 0.392 e. The van der Waals surface area contributed by atoms with Crippen molar-refractivity contribution in [2.24, 2.45) is 0 Å². The SMILES string of the molecule is O=C(O)c1nc2cc(F)c(F)cc2o1. The molecule has 0 radical (unpaired) electrons. The van der Waals surface area contributed by atoms with Gasteiger partial charge in [-0.15, -0.1) is 0 Å². The zero-order chi connectivity index (χ0) is 10.3. The Kier molecular flexibility index (Phi) is 1.70. The third kappa shape index (κ3) is 1.20. The van der Waals surface area contributed by atoms with E-state index in [1.54, 1.807) is 0 Å². The predicted molar refractivity (Wildman–Crippen MR) is 40.9 cm³/mol. The molecule has 0 fully saturated rings. The minimum Gasteiger partial charge on any atom is -0.474 e. The molecular weight excluding hydrogens is 196 g/mol. The van der Waals surface area contributed by atoms with Gasteiger partial charge in [-0.2, -0.15) is 0 Å². The Bertz CT molecular complexity index is 482. The van der Waals surface area contributed by atoms with E-state index in [0.717, 1.165) is 12.1 Å². The quantitative estimate of drug-likeness (QED) is 0.760. The van der Waals surface area contributed by atoms with E-state index < -0.39 is 23.5 Å². The molecule has 2 aromatic rings. The van der Waals surface area contributed by atoms with Crippen LogP contribution in [0.15, 0.2) is 16.5 Å². The normalized spacial score (nSPS) is 10.7. The maximum absolute atomic E-state index is 12.7. The topological polar surface area (TPSA) is 63.3 Å². The van der Waals surface area contributed by atoms with Crippen LogP contribution in [0.5, 0.6) is 0 Å². The van der Waals surface area contributed by atoms with Gasteiger partial charge >= 0.3 is 11.9 Å². The van der Waals surface area contributed by atoms with Gasteiger partial charge in [0, 0.05) is 12.1 Å². The Morgan fingerprint density at radius 3 is 2.64 bits per heavy atom. The number of oxazole rings is 1. The van der Waals surface area contributed by atoms with Gasteiger partial charge < -0.3 is 9.52 Å². The number of rotatable bonds is 1. The number of carboxylic acids is 1. The Morgan fingerprint density at radius 2 is 2.00 bits per heavy atom. The lowest BCUT2D eigenvalue weighted by molar-refractivity contribution is 0.0656. The molecule has 0 spiro atoms. The van der Waals surface area contributed by atoms with Crippen LogP contribution in [0.2, 0.25) is 0 Å². The number of hydrogen-bond acceptors (Lipinski definition) is 3. The summed E-state index contributed by atoms with van der Waals surface area (Å²) in [6.07, 6.45) is 0. The zero-order valence-corrected chi connectivity index (χ0v) is 6.62. The molecule has 1 heterocycles. The predicted octanol–water partition coefficient (Wildman–Crippen LogP) is 1.80. The highest BCUT2D eigenvalue weighted by Gasteiger charge is 2.14. The van der Waals surface area contributed by atoms with Crippen LogP contribution in [-0.4, -0.2) is 16.1 Å². The average molecular weight is 199 g/mol. The van der Waals surface area contributed by atoms with Crippen molar-refractivity contribution in [3.63, 3.8) is 0 Å². The number of benzene rings is 1. The van der Waals surface area contributed by atoms with Crippen molar-refractivity contribution in [1.29, 1.82) is 0 Å². The van der Waals surface area contributed by atoms with E-state index in [9.17, 15) is 13.6 Å². The summed E-state index contributed by atoms with van der Waals surface area (Å²) in [6.45, 7) is 0. The highest BCUT2D eigenvalue weighted by Crippen LogP contribution is 2.19. The number of halogens is 2. The second kappa shape index (κ2) is 2.76. The molecular formula is C8H3F2NO3. The fraction of sp³-hybridized carbons (Fsp3) is 0. The summed E-state index contributed by atoms with van der Waals surface area (Å²) in [7, 11) is 0. The molecule has 4 nitrogen and oxygen atoms in total. The van der Waals surface area contributed by atoms with Crippen molar-refractivity contribution >= 4 is 17.1 Å². The van der Waals surface area contributed by atoms with Crippen LogP contribution in [-0.2, 0) is 0 Å². The van der Waals surface area contributed by atoms with Crippen LogP contribution >= 0.6 is 0 Å². The standard InChI is InChI=1S/C8H3F2NO3/c9-3-1-5-6(2-4(3)10)14-7(11-5)8(12)13/h1-2H,(H,12,13). The molecule has 72 valence electrons. The number of hydrogen-bond donors (Lipinski definition) is 1. The molecule has 0 aliphatic carbocycles. The second-order valence-electron chi connectivity index (χ2n) is 2.56. The monoisotopic (exact) mass is 199 g/mol. The molecule has 1 aromatic heterocycles. The van der Waals surface area contributed by atoms with Crippen molar-refractivity contribution in [1.82, 2.24) is 4.98 Å². The summed E-state index contributed by atoms with van der Waals surface area (Å²) in [4.78, 5) is 13.8. The van der Waals surface area contributed by atoms with Gasteiger partial charge in [0.1, 0.15) is 5.52 Å². The number of aromatic nitrogens is 1. The maximum Gasteiger partial charge on any atom is 0.392 e. The first-order valence-electron chi connectivity index (χ1n) is 3.57. The van der Waals surface area contributed by atoms with Gasteiger partial charge in [-0.05, 0) is 0 Å². The van der Waals surface area contributed by atoms with Crippen LogP contribution in [0.25, 0.3) is 11.1 Å². The molecule has 1 N–H and O–H groups in total. The molecule has 0 saturated heterocycles. The van der Waals surface area contributed by atoms with Gasteiger partial charge in [0.15, 0.2) is 17.2 Å². The van der Waals surface area contributed by atoms with E-state index in [1.807, 2.05) is 0 Å². The number of nitrogens with zero attached hydrogens (tertiary/aromatic N) is 1.